The Morgan fingerprint density at radius 1 is 1.60 bits per heavy atom. The molecule has 0 spiro atoms. The van der Waals surface area contributed by atoms with Crippen molar-refractivity contribution in [1.29, 1.82) is 0 Å². The van der Waals surface area contributed by atoms with E-state index < -0.39 is 0 Å². The van der Waals surface area contributed by atoms with E-state index in [1.165, 1.54) is 17.7 Å². The van der Waals surface area contributed by atoms with Gasteiger partial charge in [-0.2, -0.15) is 0 Å². The standard InChI is InChI=1S/C9H11N/c1-7-2-3-8-4-5-10-9(8)6-7/h2-3,6,8H,4-5H2,1H3. The molecule has 0 aromatic carbocycles. The van der Waals surface area contributed by atoms with E-state index in [0.717, 1.165) is 6.54 Å². The summed E-state index contributed by atoms with van der Waals surface area (Å²) in [5, 5.41) is 0. The van der Waals surface area contributed by atoms with E-state index in [2.05, 4.69) is 30.1 Å². The minimum absolute atomic E-state index is 0.642. The molecule has 0 amide bonds. The van der Waals surface area contributed by atoms with Gasteiger partial charge in [0.05, 0.1) is 0 Å². The fourth-order valence-corrected chi connectivity index (χ4v) is 1.49. The number of hydrogen-bond acceptors (Lipinski definition) is 1. The zero-order valence-corrected chi connectivity index (χ0v) is 6.17. The summed E-state index contributed by atoms with van der Waals surface area (Å²) in [5.41, 5.74) is 2.62. The molecule has 0 saturated heterocycles. The Morgan fingerprint density at radius 2 is 2.50 bits per heavy atom. The molecule has 1 aliphatic carbocycles. The highest BCUT2D eigenvalue weighted by molar-refractivity contribution is 6.01. The maximum atomic E-state index is 4.40. The monoisotopic (exact) mass is 133 g/mol. The normalized spacial score (nSPS) is 29.5. The molecule has 1 unspecified atom stereocenters. The Morgan fingerprint density at radius 3 is 3.40 bits per heavy atom. The van der Waals surface area contributed by atoms with Crippen LogP contribution in [0.15, 0.2) is 28.8 Å². The zero-order chi connectivity index (χ0) is 6.97. The van der Waals surface area contributed by atoms with Crippen LogP contribution in [0.5, 0.6) is 0 Å². The molecule has 0 radical (unpaired) electrons. The quantitative estimate of drug-likeness (QED) is 0.479. The Kier molecular flexibility index (Phi) is 1.23. The smallest absolute Gasteiger partial charge is 0.0420 e. The molecule has 0 fully saturated rings. The van der Waals surface area contributed by atoms with Crippen molar-refractivity contribution in [2.75, 3.05) is 6.54 Å². The molecule has 0 saturated carbocycles. The maximum absolute atomic E-state index is 4.40. The van der Waals surface area contributed by atoms with Crippen LogP contribution in [0.2, 0.25) is 0 Å². The predicted molar refractivity (Wildman–Crippen MR) is 43.3 cm³/mol. The second-order valence-electron chi connectivity index (χ2n) is 2.95. The fraction of sp³-hybridized carbons (Fsp3) is 0.444. The van der Waals surface area contributed by atoms with Crippen LogP contribution in [0.25, 0.3) is 0 Å². The van der Waals surface area contributed by atoms with Crippen LogP contribution >= 0.6 is 0 Å². The highest BCUT2D eigenvalue weighted by Gasteiger charge is 2.18. The molecular weight excluding hydrogens is 122 g/mol. The summed E-state index contributed by atoms with van der Waals surface area (Å²) in [6, 6.07) is 0. The number of aliphatic imine (C=N–C) groups is 1. The molecule has 2 aliphatic rings. The average Bonchev–Trinajstić information content (AvgIpc) is 2.33. The Bertz CT molecular complexity index is 233. The molecule has 0 bridgehead atoms. The maximum Gasteiger partial charge on any atom is 0.0420 e. The van der Waals surface area contributed by atoms with Crippen molar-refractivity contribution in [3.8, 4) is 0 Å². The largest absolute Gasteiger partial charge is 0.289 e. The van der Waals surface area contributed by atoms with Crippen molar-refractivity contribution in [2.24, 2.45) is 10.9 Å². The SMILES string of the molecule is CC1=CC2=NCCC2C=C1. The summed E-state index contributed by atoms with van der Waals surface area (Å²) < 4.78 is 0. The molecule has 1 heteroatoms. The van der Waals surface area contributed by atoms with Crippen molar-refractivity contribution >= 4 is 5.71 Å². The zero-order valence-electron chi connectivity index (χ0n) is 6.17. The van der Waals surface area contributed by atoms with Crippen molar-refractivity contribution < 1.29 is 0 Å². The van der Waals surface area contributed by atoms with Crippen LogP contribution in [-0.2, 0) is 0 Å². The highest BCUT2D eigenvalue weighted by Crippen LogP contribution is 2.21. The Labute approximate surface area is 61.2 Å². The number of hydrogen-bond donors (Lipinski definition) is 0. The first-order valence-corrected chi connectivity index (χ1v) is 3.77. The lowest BCUT2D eigenvalue weighted by atomic mass is 9.95. The molecule has 2 rings (SSSR count). The van der Waals surface area contributed by atoms with Crippen LogP contribution < -0.4 is 0 Å². The van der Waals surface area contributed by atoms with Crippen molar-refractivity contribution in [1.82, 2.24) is 0 Å². The van der Waals surface area contributed by atoms with Gasteiger partial charge in [0.2, 0.25) is 0 Å². The first-order chi connectivity index (χ1) is 4.86. The van der Waals surface area contributed by atoms with Crippen LogP contribution in [0.4, 0.5) is 0 Å². The third-order valence-corrected chi connectivity index (χ3v) is 2.08. The Balaban J connectivity index is 2.34. The summed E-state index contributed by atoms with van der Waals surface area (Å²) in [6.07, 6.45) is 7.86. The van der Waals surface area contributed by atoms with Gasteiger partial charge in [-0.25, -0.2) is 0 Å². The first kappa shape index (κ1) is 5.90. The van der Waals surface area contributed by atoms with Gasteiger partial charge in [0.25, 0.3) is 0 Å². The van der Waals surface area contributed by atoms with Gasteiger partial charge in [0, 0.05) is 18.2 Å². The van der Waals surface area contributed by atoms with E-state index >= 15 is 0 Å². The predicted octanol–water partition coefficient (Wildman–Crippen LogP) is 1.96. The number of allylic oxidation sites excluding steroid dienone is 4. The van der Waals surface area contributed by atoms with E-state index in [4.69, 9.17) is 0 Å². The van der Waals surface area contributed by atoms with Crippen LogP contribution in [0.3, 0.4) is 0 Å². The van der Waals surface area contributed by atoms with Gasteiger partial charge in [-0.1, -0.05) is 12.2 Å². The van der Waals surface area contributed by atoms with Gasteiger partial charge < -0.3 is 0 Å². The number of rotatable bonds is 0. The summed E-state index contributed by atoms with van der Waals surface area (Å²) >= 11 is 0. The summed E-state index contributed by atoms with van der Waals surface area (Å²) in [7, 11) is 0. The van der Waals surface area contributed by atoms with Gasteiger partial charge in [-0.05, 0) is 25.0 Å². The van der Waals surface area contributed by atoms with E-state index in [0.29, 0.717) is 5.92 Å². The number of fused-ring (bicyclic) bond motifs is 1. The molecule has 52 valence electrons. The van der Waals surface area contributed by atoms with Crippen molar-refractivity contribution in [3.63, 3.8) is 0 Å². The topological polar surface area (TPSA) is 12.4 Å². The molecular formula is C9H11N. The molecule has 1 aliphatic heterocycles. The van der Waals surface area contributed by atoms with Crippen LogP contribution in [0, 0.1) is 5.92 Å². The molecule has 1 atom stereocenters. The lowest BCUT2D eigenvalue weighted by Gasteiger charge is -2.09. The van der Waals surface area contributed by atoms with Gasteiger partial charge >= 0.3 is 0 Å². The second kappa shape index (κ2) is 2.08. The molecule has 0 aromatic rings. The minimum atomic E-state index is 0.642. The van der Waals surface area contributed by atoms with E-state index in [9.17, 15) is 0 Å². The molecule has 0 aromatic heterocycles. The molecule has 10 heavy (non-hydrogen) atoms. The summed E-state index contributed by atoms with van der Waals surface area (Å²) in [5.74, 6) is 0.642. The molecule has 0 N–H and O–H groups in total. The molecule has 1 heterocycles. The van der Waals surface area contributed by atoms with E-state index in [1.54, 1.807) is 0 Å². The summed E-state index contributed by atoms with van der Waals surface area (Å²) in [4.78, 5) is 4.40. The lowest BCUT2D eigenvalue weighted by molar-refractivity contribution is 0.816. The van der Waals surface area contributed by atoms with E-state index in [-0.39, 0.29) is 0 Å². The van der Waals surface area contributed by atoms with Crippen LogP contribution in [0.1, 0.15) is 13.3 Å². The van der Waals surface area contributed by atoms with Gasteiger partial charge in [0.15, 0.2) is 0 Å². The van der Waals surface area contributed by atoms with E-state index in [1.807, 2.05) is 0 Å². The summed E-state index contributed by atoms with van der Waals surface area (Å²) in [6.45, 7) is 3.14. The van der Waals surface area contributed by atoms with Gasteiger partial charge in [-0.15, -0.1) is 0 Å². The molecule has 1 nitrogen and oxygen atoms in total. The van der Waals surface area contributed by atoms with Crippen molar-refractivity contribution in [2.45, 2.75) is 13.3 Å². The third-order valence-electron chi connectivity index (χ3n) is 2.08. The Hall–Kier alpha value is -0.850. The van der Waals surface area contributed by atoms with Gasteiger partial charge in [-0.3, -0.25) is 4.99 Å². The average molecular weight is 133 g/mol. The lowest BCUT2D eigenvalue weighted by Crippen LogP contribution is -2.07. The highest BCUT2D eigenvalue weighted by atomic mass is 14.8. The minimum Gasteiger partial charge on any atom is -0.289 e. The fourth-order valence-electron chi connectivity index (χ4n) is 1.49. The third kappa shape index (κ3) is 0.821. The second-order valence-corrected chi connectivity index (χ2v) is 2.95. The van der Waals surface area contributed by atoms with Gasteiger partial charge in [0.1, 0.15) is 0 Å². The first-order valence-electron chi connectivity index (χ1n) is 3.77. The number of nitrogens with zero attached hydrogens (tertiary/aromatic N) is 1. The van der Waals surface area contributed by atoms with Crippen LogP contribution in [-0.4, -0.2) is 12.3 Å². The van der Waals surface area contributed by atoms with Crippen molar-refractivity contribution in [3.05, 3.63) is 23.8 Å².